The van der Waals surface area contributed by atoms with E-state index in [-0.39, 0.29) is 30.5 Å². The van der Waals surface area contributed by atoms with Crippen molar-refractivity contribution in [2.75, 3.05) is 14.1 Å². The van der Waals surface area contributed by atoms with Gasteiger partial charge in [-0.2, -0.15) is 0 Å². The average molecular weight is 460 g/mol. The van der Waals surface area contributed by atoms with Gasteiger partial charge in [-0.15, -0.1) is 0 Å². The highest BCUT2D eigenvalue weighted by molar-refractivity contribution is 9.10. The van der Waals surface area contributed by atoms with Gasteiger partial charge in [-0.3, -0.25) is 4.79 Å². The van der Waals surface area contributed by atoms with Gasteiger partial charge in [0.2, 0.25) is 0 Å². The minimum atomic E-state index is -1.88. The summed E-state index contributed by atoms with van der Waals surface area (Å²) < 4.78 is 58.6. The van der Waals surface area contributed by atoms with Crippen molar-refractivity contribution in [3.8, 4) is 0 Å². The van der Waals surface area contributed by atoms with Crippen molar-refractivity contribution in [3.05, 3.63) is 69.2 Å². The Morgan fingerprint density at radius 3 is 2.00 bits per heavy atom. The van der Waals surface area contributed by atoms with Gasteiger partial charge < -0.3 is 4.90 Å². The summed E-state index contributed by atoms with van der Waals surface area (Å²) in [4.78, 5) is 15.0. The number of benzene rings is 2. The van der Waals surface area contributed by atoms with Crippen LogP contribution in [0.5, 0.6) is 0 Å². The molecular formula is C21H22BrF4NO. The molecule has 2 aromatic rings. The molecule has 0 aliphatic carbocycles. The molecular weight excluding hydrogens is 438 g/mol. The Labute approximate surface area is 170 Å². The zero-order chi connectivity index (χ0) is 21.2. The Balaban J connectivity index is 2.96. The molecule has 0 spiro atoms. The molecule has 0 aliphatic rings. The molecule has 2 nitrogen and oxygen atoms in total. The fourth-order valence-electron chi connectivity index (χ4n) is 3.39. The third-order valence-electron chi connectivity index (χ3n) is 5.16. The van der Waals surface area contributed by atoms with Crippen molar-refractivity contribution in [2.24, 2.45) is 0 Å². The van der Waals surface area contributed by atoms with Crippen molar-refractivity contribution < 1.29 is 22.4 Å². The second-order valence-electron chi connectivity index (χ2n) is 7.05. The van der Waals surface area contributed by atoms with Crippen LogP contribution in [0.3, 0.4) is 0 Å². The first-order chi connectivity index (χ1) is 13.1. The van der Waals surface area contributed by atoms with Gasteiger partial charge in [0, 0.05) is 28.6 Å². The number of nitrogens with zero attached hydrogens (tertiary/aromatic N) is 1. The van der Waals surface area contributed by atoms with Gasteiger partial charge in [0.15, 0.2) is 23.3 Å². The van der Waals surface area contributed by atoms with Crippen LogP contribution in [0.15, 0.2) is 34.8 Å². The quantitative estimate of drug-likeness (QED) is 0.396. The van der Waals surface area contributed by atoms with E-state index < -0.39 is 40.0 Å². The SMILES string of the molecule is CCC(=O)[C@@](C[C@H](C)N(C)C)(c1ccc(Br)cc1)c1c(F)c(F)cc(F)c1F. The summed E-state index contributed by atoms with van der Waals surface area (Å²) in [6.45, 7) is 3.34. The van der Waals surface area contributed by atoms with E-state index in [2.05, 4.69) is 15.9 Å². The molecule has 0 heterocycles. The number of ketones is 1. The topological polar surface area (TPSA) is 20.3 Å². The van der Waals surface area contributed by atoms with Crippen molar-refractivity contribution in [2.45, 2.75) is 38.1 Å². The summed E-state index contributed by atoms with van der Waals surface area (Å²) in [5.74, 6) is -6.68. The van der Waals surface area contributed by atoms with E-state index in [1.54, 1.807) is 57.1 Å². The lowest BCUT2D eigenvalue weighted by atomic mass is 9.66. The number of carbonyl (C=O) groups excluding carboxylic acids is 1. The smallest absolute Gasteiger partial charge is 0.166 e. The Morgan fingerprint density at radius 2 is 1.57 bits per heavy atom. The van der Waals surface area contributed by atoms with Crippen molar-refractivity contribution in [1.29, 1.82) is 0 Å². The molecule has 28 heavy (non-hydrogen) atoms. The van der Waals surface area contributed by atoms with E-state index >= 15 is 0 Å². The van der Waals surface area contributed by atoms with E-state index in [4.69, 9.17) is 0 Å². The van der Waals surface area contributed by atoms with Crippen LogP contribution in [-0.4, -0.2) is 30.8 Å². The molecule has 152 valence electrons. The van der Waals surface area contributed by atoms with Crippen molar-refractivity contribution >= 4 is 21.7 Å². The normalized spacial score (nSPS) is 14.8. The third-order valence-corrected chi connectivity index (χ3v) is 5.68. The molecule has 0 fully saturated rings. The number of hydrogen-bond acceptors (Lipinski definition) is 2. The van der Waals surface area contributed by atoms with E-state index in [1.807, 2.05) is 0 Å². The van der Waals surface area contributed by atoms with Crippen molar-refractivity contribution in [3.63, 3.8) is 0 Å². The lowest BCUT2D eigenvalue weighted by Crippen LogP contribution is -2.44. The molecule has 2 atom stereocenters. The summed E-state index contributed by atoms with van der Waals surface area (Å²) in [5, 5.41) is 0. The average Bonchev–Trinajstić information content (AvgIpc) is 2.65. The molecule has 0 bridgehead atoms. The summed E-state index contributed by atoms with van der Waals surface area (Å²) in [5.41, 5.74) is -2.48. The number of halogens is 5. The monoisotopic (exact) mass is 459 g/mol. The largest absolute Gasteiger partial charge is 0.307 e. The minimum absolute atomic E-state index is 0.0506. The van der Waals surface area contributed by atoms with Crippen LogP contribution in [0, 0.1) is 23.3 Å². The summed E-state index contributed by atoms with van der Waals surface area (Å²) in [6.07, 6.45) is -0.113. The molecule has 2 rings (SSSR count). The molecule has 0 aliphatic heterocycles. The molecule has 0 unspecified atom stereocenters. The zero-order valence-corrected chi connectivity index (χ0v) is 17.7. The van der Waals surface area contributed by atoms with E-state index in [9.17, 15) is 22.4 Å². The molecule has 0 saturated carbocycles. The molecule has 2 aromatic carbocycles. The second-order valence-corrected chi connectivity index (χ2v) is 7.96. The highest BCUT2D eigenvalue weighted by Crippen LogP contribution is 2.43. The van der Waals surface area contributed by atoms with Crippen LogP contribution in [-0.2, 0) is 10.2 Å². The van der Waals surface area contributed by atoms with Gasteiger partial charge in [-0.05, 0) is 45.1 Å². The van der Waals surface area contributed by atoms with Gasteiger partial charge in [-0.25, -0.2) is 17.6 Å². The maximum Gasteiger partial charge on any atom is 0.166 e. The number of Topliss-reactive ketones (excluding diaryl/α,β-unsaturated/α-hetero) is 1. The van der Waals surface area contributed by atoms with Crippen LogP contribution < -0.4 is 0 Å². The van der Waals surface area contributed by atoms with Gasteiger partial charge in [-0.1, -0.05) is 35.0 Å². The summed E-state index contributed by atoms with van der Waals surface area (Å²) in [6, 6.07) is 6.18. The predicted octanol–water partition coefficient (Wildman–Crippen LogP) is 5.61. The number of hydrogen-bond donors (Lipinski definition) is 0. The summed E-state index contributed by atoms with van der Waals surface area (Å²) in [7, 11) is 3.51. The van der Waals surface area contributed by atoms with Gasteiger partial charge in [0.25, 0.3) is 0 Å². The lowest BCUT2D eigenvalue weighted by molar-refractivity contribution is -0.123. The van der Waals surface area contributed by atoms with Crippen LogP contribution in [0.1, 0.15) is 37.8 Å². The predicted molar refractivity (Wildman–Crippen MR) is 104 cm³/mol. The fraction of sp³-hybridized carbons (Fsp3) is 0.381. The Bertz CT molecular complexity index is 843. The fourth-order valence-corrected chi connectivity index (χ4v) is 3.65. The van der Waals surface area contributed by atoms with Crippen LogP contribution in [0.25, 0.3) is 0 Å². The van der Waals surface area contributed by atoms with Crippen LogP contribution >= 0.6 is 15.9 Å². The molecule has 0 amide bonds. The van der Waals surface area contributed by atoms with Gasteiger partial charge >= 0.3 is 0 Å². The van der Waals surface area contributed by atoms with Crippen LogP contribution in [0.4, 0.5) is 17.6 Å². The van der Waals surface area contributed by atoms with Gasteiger partial charge in [0.05, 0.1) is 5.41 Å². The van der Waals surface area contributed by atoms with E-state index in [0.29, 0.717) is 4.47 Å². The highest BCUT2D eigenvalue weighted by Gasteiger charge is 2.47. The Kier molecular flexibility index (Phi) is 7.04. The molecule has 7 heteroatoms. The molecule has 0 aromatic heterocycles. The third kappa shape index (κ3) is 4.01. The molecule has 0 N–H and O–H groups in total. The second kappa shape index (κ2) is 8.74. The van der Waals surface area contributed by atoms with Crippen LogP contribution in [0.2, 0.25) is 0 Å². The highest BCUT2D eigenvalue weighted by atomic mass is 79.9. The maximum atomic E-state index is 14.9. The first kappa shape index (κ1) is 22.6. The summed E-state index contributed by atoms with van der Waals surface area (Å²) >= 11 is 3.29. The standard InChI is InChI=1S/C21H22BrF4NO/c1-5-17(28)21(11-12(2)27(3)4,13-6-8-14(22)9-7-13)18-19(25)15(23)10-16(24)20(18)26/h6-10,12H,5,11H2,1-4H3/t12-,21+/m0/s1. The first-order valence-corrected chi connectivity index (χ1v) is 9.64. The maximum absolute atomic E-state index is 14.9. The lowest BCUT2D eigenvalue weighted by Gasteiger charge is -2.38. The Hall–Kier alpha value is -1.73. The van der Waals surface area contributed by atoms with E-state index in [1.165, 1.54) is 0 Å². The molecule has 0 saturated heterocycles. The zero-order valence-electron chi connectivity index (χ0n) is 16.1. The first-order valence-electron chi connectivity index (χ1n) is 8.85. The Morgan fingerprint density at radius 1 is 1.07 bits per heavy atom. The van der Waals surface area contributed by atoms with Gasteiger partial charge in [0.1, 0.15) is 5.78 Å². The van der Waals surface area contributed by atoms with E-state index in [0.717, 1.165) is 0 Å². The molecule has 0 radical (unpaired) electrons. The van der Waals surface area contributed by atoms with Crippen molar-refractivity contribution in [1.82, 2.24) is 4.90 Å². The minimum Gasteiger partial charge on any atom is -0.307 e. The number of carbonyl (C=O) groups is 1. The number of rotatable bonds is 7.